The molecule has 0 radical (unpaired) electrons. The van der Waals surface area contributed by atoms with Crippen LogP contribution in [0.2, 0.25) is 10.0 Å². The van der Waals surface area contributed by atoms with E-state index in [0.29, 0.717) is 28.7 Å². The number of halogens is 2. The molecule has 164 valence electrons. The van der Waals surface area contributed by atoms with Crippen LogP contribution < -0.4 is 10.2 Å². The van der Waals surface area contributed by atoms with E-state index in [1.807, 2.05) is 10.9 Å². The Hall–Kier alpha value is -2.03. The van der Waals surface area contributed by atoms with Gasteiger partial charge in [0.05, 0.1) is 28.7 Å². The topological polar surface area (TPSA) is 75.9 Å². The maximum Gasteiger partial charge on any atom is 0.252 e. The van der Waals surface area contributed by atoms with E-state index in [-0.39, 0.29) is 5.91 Å². The third kappa shape index (κ3) is 5.07. The fraction of sp³-hybridized carbons (Fsp3) is 0.429. The van der Waals surface area contributed by atoms with Crippen LogP contribution in [0.3, 0.4) is 0 Å². The summed E-state index contributed by atoms with van der Waals surface area (Å²) in [5.41, 5.74) is 1.19. The molecule has 2 aromatic heterocycles. The summed E-state index contributed by atoms with van der Waals surface area (Å²) in [5, 5.41) is 9.96. The second kappa shape index (κ2) is 10.1. The zero-order valence-corrected chi connectivity index (χ0v) is 19.6. The lowest BCUT2D eigenvalue weighted by Crippen LogP contribution is -2.30. The van der Waals surface area contributed by atoms with Crippen molar-refractivity contribution in [1.29, 1.82) is 0 Å². The Morgan fingerprint density at radius 2 is 2.00 bits per heavy atom. The van der Waals surface area contributed by atoms with E-state index in [1.54, 1.807) is 30.0 Å². The zero-order chi connectivity index (χ0) is 21.8. The van der Waals surface area contributed by atoms with Crippen molar-refractivity contribution in [2.24, 2.45) is 0 Å². The van der Waals surface area contributed by atoms with Gasteiger partial charge in [0.15, 0.2) is 10.8 Å². The van der Waals surface area contributed by atoms with Gasteiger partial charge in [-0.25, -0.2) is 14.6 Å². The molecule has 0 unspecified atom stereocenters. The molecule has 7 nitrogen and oxygen atoms in total. The molecule has 3 heterocycles. The smallest absolute Gasteiger partial charge is 0.252 e. The molecule has 1 aliphatic rings. The highest BCUT2D eigenvalue weighted by molar-refractivity contribution is 7.99. The number of anilines is 1. The van der Waals surface area contributed by atoms with Crippen molar-refractivity contribution in [1.82, 2.24) is 25.1 Å². The first-order chi connectivity index (χ1) is 15.1. The molecule has 4 rings (SSSR count). The number of hydrogen-bond donors (Lipinski definition) is 1. The maximum atomic E-state index is 12.5. The number of fused-ring (bicyclic) bond motifs is 1. The molecule has 0 bridgehead atoms. The van der Waals surface area contributed by atoms with Gasteiger partial charge in [-0.1, -0.05) is 41.9 Å². The quantitative estimate of drug-likeness (QED) is 0.392. The van der Waals surface area contributed by atoms with Gasteiger partial charge >= 0.3 is 0 Å². The Morgan fingerprint density at radius 3 is 2.74 bits per heavy atom. The average Bonchev–Trinajstić information content (AvgIpc) is 3.17. The molecule has 3 aromatic rings. The van der Waals surface area contributed by atoms with Gasteiger partial charge in [0.1, 0.15) is 5.82 Å². The predicted molar refractivity (Wildman–Crippen MR) is 127 cm³/mol. The van der Waals surface area contributed by atoms with E-state index in [9.17, 15) is 4.79 Å². The van der Waals surface area contributed by atoms with Crippen LogP contribution in [0.15, 0.2) is 29.6 Å². The molecule has 0 spiro atoms. The molecule has 0 aliphatic carbocycles. The molecule has 1 aromatic carbocycles. The van der Waals surface area contributed by atoms with E-state index in [0.717, 1.165) is 40.9 Å². The molecule has 1 amide bonds. The zero-order valence-electron chi connectivity index (χ0n) is 17.3. The summed E-state index contributed by atoms with van der Waals surface area (Å²) in [7, 11) is 0. The summed E-state index contributed by atoms with van der Waals surface area (Å²) in [5.74, 6) is 1.62. The molecule has 0 saturated carbocycles. The third-order valence-corrected chi connectivity index (χ3v) is 6.45. The van der Waals surface area contributed by atoms with Gasteiger partial charge in [0, 0.05) is 24.7 Å². The number of thioether (sulfide) groups is 1. The van der Waals surface area contributed by atoms with Gasteiger partial charge in [-0.15, -0.1) is 0 Å². The number of amides is 1. The first kappa shape index (κ1) is 22.2. The lowest BCUT2D eigenvalue weighted by Gasteiger charge is -2.28. The van der Waals surface area contributed by atoms with Crippen LogP contribution in [-0.4, -0.2) is 51.0 Å². The Morgan fingerprint density at radius 1 is 1.19 bits per heavy atom. The number of carbonyl (C=O) groups excluding carboxylic acids is 1. The molecule has 10 heteroatoms. The van der Waals surface area contributed by atoms with Crippen LogP contribution in [0, 0.1) is 0 Å². The molecular weight excluding hydrogens is 455 g/mol. The fourth-order valence-corrected chi connectivity index (χ4v) is 4.72. The third-order valence-electron chi connectivity index (χ3n) is 5.17. The summed E-state index contributed by atoms with van der Waals surface area (Å²) < 4.78 is 1.83. The Kier molecular flexibility index (Phi) is 7.20. The van der Waals surface area contributed by atoms with Crippen LogP contribution in [0.1, 0.15) is 36.5 Å². The minimum absolute atomic E-state index is 0.246. The molecule has 1 saturated heterocycles. The Bertz CT molecular complexity index is 1080. The maximum absolute atomic E-state index is 12.5. The summed E-state index contributed by atoms with van der Waals surface area (Å²) in [4.78, 5) is 24.4. The fourth-order valence-electron chi connectivity index (χ4n) is 3.67. The van der Waals surface area contributed by atoms with Crippen molar-refractivity contribution >= 4 is 57.7 Å². The van der Waals surface area contributed by atoms with Crippen molar-refractivity contribution in [2.75, 3.05) is 30.3 Å². The van der Waals surface area contributed by atoms with Gasteiger partial charge in [-0.2, -0.15) is 5.10 Å². The highest BCUT2D eigenvalue weighted by Crippen LogP contribution is 2.29. The van der Waals surface area contributed by atoms with Crippen molar-refractivity contribution < 1.29 is 4.79 Å². The number of benzene rings is 1. The number of hydrogen-bond acceptors (Lipinski definition) is 6. The van der Waals surface area contributed by atoms with Gasteiger partial charge in [-0.05, 0) is 43.2 Å². The lowest BCUT2D eigenvalue weighted by atomic mass is 10.1. The average molecular weight is 479 g/mol. The lowest BCUT2D eigenvalue weighted by molar-refractivity contribution is 0.0952. The van der Waals surface area contributed by atoms with E-state index >= 15 is 0 Å². The van der Waals surface area contributed by atoms with Gasteiger partial charge in [0.2, 0.25) is 0 Å². The van der Waals surface area contributed by atoms with Gasteiger partial charge < -0.3 is 10.2 Å². The van der Waals surface area contributed by atoms with Crippen LogP contribution >= 0.6 is 35.0 Å². The molecule has 1 aliphatic heterocycles. The Balaban J connectivity index is 1.52. The van der Waals surface area contributed by atoms with Crippen molar-refractivity contribution in [3.8, 4) is 0 Å². The molecule has 0 atom stereocenters. The van der Waals surface area contributed by atoms with Crippen LogP contribution in [0.4, 0.5) is 5.82 Å². The first-order valence-corrected chi connectivity index (χ1v) is 12.2. The molecule has 31 heavy (non-hydrogen) atoms. The second-order valence-corrected chi connectivity index (χ2v) is 9.37. The van der Waals surface area contributed by atoms with E-state index < -0.39 is 0 Å². The molecule has 1 fully saturated rings. The summed E-state index contributed by atoms with van der Waals surface area (Å²) in [6, 6.07) is 4.83. The largest absolute Gasteiger partial charge is 0.356 e. The van der Waals surface area contributed by atoms with Crippen LogP contribution in [0.25, 0.3) is 11.0 Å². The SMILES string of the molecule is CCSc1nc(N2CCCCC2)c2cnn(CCNC(=O)c3ccc(Cl)cc3Cl)c2n1. The minimum atomic E-state index is -0.246. The van der Waals surface area contributed by atoms with Crippen molar-refractivity contribution in [3.63, 3.8) is 0 Å². The summed E-state index contributed by atoms with van der Waals surface area (Å²) in [6.45, 7) is 4.99. The van der Waals surface area contributed by atoms with Crippen LogP contribution in [0.5, 0.6) is 0 Å². The number of carbonyl (C=O) groups is 1. The van der Waals surface area contributed by atoms with Crippen molar-refractivity contribution in [2.45, 2.75) is 37.9 Å². The predicted octanol–water partition coefficient (Wildman–Crippen LogP) is 4.67. The monoisotopic (exact) mass is 478 g/mol. The summed E-state index contributed by atoms with van der Waals surface area (Å²) >= 11 is 13.7. The number of rotatable bonds is 7. The molecule has 1 N–H and O–H groups in total. The van der Waals surface area contributed by atoms with E-state index in [2.05, 4.69) is 22.2 Å². The highest BCUT2D eigenvalue weighted by atomic mass is 35.5. The summed E-state index contributed by atoms with van der Waals surface area (Å²) in [6.07, 6.45) is 5.44. The van der Waals surface area contributed by atoms with Gasteiger partial charge in [0.25, 0.3) is 5.91 Å². The number of aromatic nitrogens is 4. The number of piperidine rings is 1. The first-order valence-electron chi connectivity index (χ1n) is 10.4. The van der Waals surface area contributed by atoms with Gasteiger partial charge in [-0.3, -0.25) is 4.79 Å². The normalized spacial score (nSPS) is 14.2. The van der Waals surface area contributed by atoms with Crippen molar-refractivity contribution in [3.05, 3.63) is 40.0 Å². The second-order valence-electron chi connectivity index (χ2n) is 7.30. The molecular formula is C21H24Cl2N6OS. The minimum Gasteiger partial charge on any atom is -0.356 e. The number of nitrogens with zero attached hydrogens (tertiary/aromatic N) is 5. The Labute approximate surface area is 195 Å². The van der Waals surface area contributed by atoms with Crippen LogP contribution in [-0.2, 0) is 6.54 Å². The number of nitrogens with one attached hydrogen (secondary N) is 1. The van der Waals surface area contributed by atoms with E-state index in [4.69, 9.17) is 33.2 Å². The highest BCUT2D eigenvalue weighted by Gasteiger charge is 2.20. The van der Waals surface area contributed by atoms with E-state index in [1.165, 1.54) is 19.3 Å². The standard InChI is InChI=1S/C21H24Cl2N6OS/c1-2-31-21-26-18(28-9-4-3-5-10-28)16-13-25-29(19(16)27-21)11-8-24-20(30)15-7-6-14(22)12-17(15)23/h6-7,12-13H,2-5,8-11H2,1H3,(H,24,30).